The highest BCUT2D eigenvalue weighted by Crippen LogP contribution is 2.14. The standard InChI is InChI=1S/C23H30N2O3/c1-17(2)14-24-23(27)19(4)25(15-20-8-6-5-7-9-20)22(26)16-28-21-12-10-18(3)11-13-21/h5-13,17,19H,14-16H2,1-4H3,(H,24,27)/t19-/m0/s1. The molecule has 0 aliphatic heterocycles. The molecule has 0 unspecified atom stereocenters. The molecule has 1 N–H and O–H groups in total. The lowest BCUT2D eigenvalue weighted by Crippen LogP contribution is -2.49. The number of aryl methyl sites for hydroxylation is 1. The zero-order chi connectivity index (χ0) is 20.5. The van der Waals surface area contributed by atoms with Crippen LogP contribution in [0, 0.1) is 12.8 Å². The van der Waals surface area contributed by atoms with Crippen molar-refractivity contribution in [1.82, 2.24) is 10.2 Å². The van der Waals surface area contributed by atoms with Gasteiger partial charge in [0.25, 0.3) is 5.91 Å². The summed E-state index contributed by atoms with van der Waals surface area (Å²) in [7, 11) is 0. The van der Waals surface area contributed by atoms with E-state index >= 15 is 0 Å². The van der Waals surface area contributed by atoms with Gasteiger partial charge >= 0.3 is 0 Å². The first-order valence-electron chi connectivity index (χ1n) is 9.67. The zero-order valence-electron chi connectivity index (χ0n) is 17.1. The maximum atomic E-state index is 12.9. The average Bonchev–Trinajstić information content (AvgIpc) is 2.69. The second kappa shape index (κ2) is 10.5. The lowest BCUT2D eigenvalue weighted by molar-refractivity contribution is -0.142. The summed E-state index contributed by atoms with van der Waals surface area (Å²) in [5, 5.41) is 2.91. The first-order chi connectivity index (χ1) is 13.4. The minimum atomic E-state index is -0.590. The Morgan fingerprint density at radius 2 is 1.64 bits per heavy atom. The van der Waals surface area contributed by atoms with E-state index < -0.39 is 6.04 Å². The molecule has 0 fully saturated rings. The van der Waals surface area contributed by atoms with Crippen LogP contribution in [0.1, 0.15) is 31.9 Å². The van der Waals surface area contributed by atoms with Gasteiger partial charge in [0.1, 0.15) is 11.8 Å². The van der Waals surface area contributed by atoms with Gasteiger partial charge in [0.15, 0.2) is 6.61 Å². The number of nitrogens with one attached hydrogen (secondary N) is 1. The van der Waals surface area contributed by atoms with E-state index in [0.29, 0.717) is 24.8 Å². The number of carbonyl (C=O) groups is 2. The van der Waals surface area contributed by atoms with E-state index in [4.69, 9.17) is 4.74 Å². The van der Waals surface area contributed by atoms with Crippen LogP contribution in [0.4, 0.5) is 0 Å². The molecule has 1 atom stereocenters. The maximum absolute atomic E-state index is 12.9. The minimum Gasteiger partial charge on any atom is -0.484 e. The summed E-state index contributed by atoms with van der Waals surface area (Å²) in [6.45, 7) is 8.64. The van der Waals surface area contributed by atoms with Crippen LogP contribution in [0.2, 0.25) is 0 Å². The third-order valence-electron chi connectivity index (χ3n) is 4.43. The summed E-state index contributed by atoms with van der Waals surface area (Å²) in [6, 6.07) is 16.6. The SMILES string of the molecule is Cc1ccc(OCC(=O)N(Cc2ccccc2)[C@@H](C)C(=O)NCC(C)C)cc1. The van der Waals surface area contributed by atoms with Crippen molar-refractivity contribution in [3.05, 3.63) is 65.7 Å². The summed E-state index contributed by atoms with van der Waals surface area (Å²) < 4.78 is 5.65. The van der Waals surface area contributed by atoms with Crippen molar-refractivity contribution in [3.63, 3.8) is 0 Å². The number of hydrogen-bond acceptors (Lipinski definition) is 3. The summed E-state index contributed by atoms with van der Waals surface area (Å²) >= 11 is 0. The van der Waals surface area contributed by atoms with Gasteiger partial charge in [-0.15, -0.1) is 0 Å². The van der Waals surface area contributed by atoms with Gasteiger partial charge in [-0.2, -0.15) is 0 Å². The topological polar surface area (TPSA) is 58.6 Å². The molecule has 2 aromatic rings. The maximum Gasteiger partial charge on any atom is 0.261 e. The van der Waals surface area contributed by atoms with E-state index in [1.807, 2.05) is 75.4 Å². The Kier molecular flexibility index (Phi) is 8.05. The van der Waals surface area contributed by atoms with Crippen molar-refractivity contribution in [3.8, 4) is 5.75 Å². The van der Waals surface area contributed by atoms with Crippen LogP contribution in [0.3, 0.4) is 0 Å². The van der Waals surface area contributed by atoms with E-state index in [9.17, 15) is 9.59 Å². The van der Waals surface area contributed by atoms with E-state index in [2.05, 4.69) is 5.32 Å². The molecular weight excluding hydrogens is 352 g/mol. The highest BCUT2D eigenvalue weighted by atomic mass is 16.5. The number of benzene rings is 2. The lowest BCUT2D eigenvalue weighted by atomic mass is 10.1. The van der Waals surface area contributed by atoms with Crippen LogP contribution in [-0.2, 0) is 16.1 Å². The van der Waals surface area contributed by atoms with Gasteiger partial charge in [-0.05, 0) is 37.5 Å². The van der Waals surface area contributed by atoms with Crippen LogP contribution in [0.5, 0.6) is 5.75 Å². The molecule has 2 aromatic carbocycles. The predicted molar refractivity (Wildman–Crippen MR) is 111 cm³/mol. The molecule has 0 saturated carbocycles. The Labute approximate surface area is 167 Å². The van der Waals surface area contributed by atoms with Crippen LogP contribution in [0.15, 0.2) is 54.6 Å². The Hall–Kier alpha value is -2.82. The molecule has 0 radical (unpaired) electrons. The van der Waals surface area contributed by atoms with Crippen molar-refractivity contribution in [2.75, 3.05) is 13.2 Å². The summed E-state index contributed by atoms with van der Waals surface area (Å²) in [5.74, 6) is 0.597. The zero-order valence-corrected chi connectivity index (χ0v) is 17.1. The summed E-state index contributed by atoms with van der Waals surface area (Å²) in [5.41, 5.74) is 2.09. The van der Waals surface area contributed by atoms with Gasteiger partial charge < -0.3 is 15.0 Å². The van der Waals surface area contributed by atoms with Gasteiger partial charge in [0.2, 0.25) is 5.91 Å². The normalized spacial score (nSPS) is 11.8. The van der Waals surface area contributed by atoms with Gasteiger partial charge in [-0.25, -0.2) is 0 Å². The molecular formula is C23H30N2O3. The quantitative estimate of drug-likeness (QED) is 0.721. The molecule has 0 aromatic heterocycles. The fourth-order valence-corrected chi connectivity index (χ4v) is 2.68. The first kappa shape index (κ1) is 21.5. The summed E-state index contributed by atoms with van der Waals surface area (Å²) in [6.07, 6.45) is 0. The molecule has 0 aliphatic rings. The molecule has 0 aliphatic carbocycles. The van der Waals surface area contributed by atoms with Crippen molar-refractivity contribution in [1.29, 1.82) is 0 Å². The number of hydrogen-bond donors (Lipinski definition) is 1. The fourth-order valence-electron chi connectivity index (χ4n) is 2.68. The molecule has 0 bridgehead atoms. The van der Waals surface area contributed by atoms with Crippen molar-refractivity contribution >= 4 is 11.8 Å². The number of ether oxygens (including phenoxy) is 1. The second-order valence-electron chi connectivity index (χ2n) is 7.42. The summed E-state index contributed by atoms with van der Waals surface area (Å²) in [4.78, 5) is 27.0. The lowest BCUT2D eigenvalue weighted by Gasteiger charge is -2.29. The van der Waals surface area contributed by atoms with Crippen molar-refractivity contribution < 1.29 is 14.3 Å². The molecule has 28 heavy (non-hydrogen) atoms. The molecule has 5 nitrogen and oxygen atoms in total. The van der Waals surface area contributed by atoms with Gasteiger partial charge in [0, 0.05) is 13.1 Å². The van der Waals surface area contributed by atoms with Crippen LogP contribution in [0.25, 0.3) is 0 Å². The van der Waals surface area contributed by atoms with E-state index in [0.717, 1.165) is 11.1 Å². The fraction of sp³-hybridized carbons (Fsp3) is 0.391. The first-order valence-corrected chi connectivity index (χ1v) is 9.67. The molecule has 150 valence electrons. The average molecular weight is 383 g/mol. The number of amides is 2. The van der Waals surface area contributed by atoms with E-state index in [1.165, 1.54) is 0 Å². The molecule has 0 spiro atoms. The van der Waals surface area contributed by atoms with Crippen LogP contribution < -0.4 is 10.1 Å². The third-order valence-corrected chi connectivity index (χ3v) is 4.43. The van der Waals surface area contributed by atoms with Gasteiger partial charge in [-0.1, -0.05) is 61.9 Å². The number of carbonyl (C=O) groups excluding carboxylic acids is 2. The van der Waals surface area contributed by atoms with E-state index in [-0.39, 0.29) is 18.4 Å². The Balaban J connectivity index is 2.08. The largest absolute Gasteiger partial charge is 0.484 e. The minimum absolute atomic E-state index is 0.113. The molecule has 5 heteroatoms. The van der Waals surface area contributed by atoms with Crippen molar-refractivity contribution in [2.24, 2.45) is 5.92 Å². The molecule has 2 rings (SSSR count). The number of rotatable bonds is 9. The molecule has 2 amide bonds. The molecule has 0 saturated heterocycles. The van der Waals surface area contributed by atoms with Crippen molar-refractivity contribution in [2.45, 2.75) is 40.3 Å². The van der Waals surface area contributed by atoms with Gasteiger partial charge in [0.05, 0.1) is 0 Å². The highest BCUT2D eigenvalue weighted by Gasteiger charge is 2.26. The smallest absolute Gasteiger partial charge is 0.261 e. The Bertz CT molecular complexity index is 757. The monoisotopic (exact) mass is 382 g/mol. The van der Waals surface area contributed by atoms with E-state index in [1.54, 1.807) is 11.8 Å². The third kappa shape index (κ3) is 6.72. The Morgan fingerprint density at radius 3 is 2.25 bits per heavy atom. The Morgan fingerprint density at radius 1 is 1.00 bits per heavy atom. The van der Waals surface area contributed by atoms with Crippen LogP contribution >= 0.6 is 0 Å². The van der Waals surface area contributed by atoms with Gasteiger partial charge in [-0.3, -0.25) is 9.59 Å². The second-order valence-corrected chi connectivity index (χ2v) is 7.42. The molecule has 0 heterocycles. The number of nitrogens with zero attached hydrogens (tertiary/aromatic N) is 1. The van der Waals surface area contributed by atoms with Crippen LogP contribution in [-0.4, -0.2) is 35.9 Å². The predicted octanol–water partition coefficient (Wildman–Crippen LogP) is 3.56. The highest BCUT2D eigenvalue weighted by molar-refractivity contribution is 5.87.